The molecule has 25 heavy (non-hydrogen) atoms. The smallest absolute Gasteiger partial charge is 0.405 e. The van der Waals surface area contributed by atoms with E-state index < -0.39 is 29.6 Å². The Balaban J connectivity index is 2.06. The summed E-state index contributed by atoms with van der Waals surface area (Å²) in [5.41, 5.74) is 6.97. The van der Waals surface area contributed by atoms with Gasteiger partial charge in [-0.1, -0.05) is 32.0 Å². The Bertz CT molecular complexity index is 849. The van der Waals surface area contributed by atoms with E-state index in [-0.39, 0.29) is 11.0 Å². The van der Waals surface area contributed by atoms with Crippen molar-refractivity contribution in [2.45, 2.75) is 32.8 Å². The predicted molar refractivity (Wildman–Crippen MR) is 87.3 cm³/mol. The molecule has 2 N–H and O–H groups in total. The van der Waals surface area contributed by atoms with Crippen molar-refractivity contribution < 1.29 is 22.7 Å². The van der Waals surface area contributed by atoms with E-state index in [1.165, 1.54) is 6.07 Å². The van der Waals surface area contributed by atoms with Crippen LogP contribution in [-0.2, 0) is 11.2 Å². The van der Waals surface area contributed by atoms with Crippen LogP contribution >= 0.6 is 0 Å². The Morgan fingerprint density at radius 1 is 1.16 bits per heavy atom. The van der Waals surface area contributed by atoms with Gasteiger partial charge in [0.1, 0.15) is 6.10 Å². The average Bonchev–Trinajstić information content (AvgIpc) is 2.55. The minimum Gasteiger partial charge on any atom is -0.441 e. The van der Waals surface area contributed by atoms with Gasteiger partial charge in [0.25, 0.3) is 0 Å². The predicted octanol–water partition coefficient (Wildman–Crippen LogP) is 4.88. The molecule has 0 spiro atoms. The van der Waals surface area contributed by atoms with Crippen LogP contribution in [0.5, 0.6) is 0 Å². The molecule has 0 aliphatic heterocycles. The highest BCUT2D eigenvalue weighted by atomic mass is 19.2. The lowest BCUT2D eigenvalue weighted by Crippen LogP contribution is -2.33. The topological polar surface area (TPSA) is 52.3 Å². The van der Waals surface area contributed by atoms with E-state index in [0.717, 1.165) is 23.6 Å². The third kappa shape index (κ3) is 3.08. The summed E-state index contributed by atoms with van der Waals surface area (Å²) in [6.07, 6.45) is 0.0566. The molecule has 0 saturated carbocycles. The first-order valence-corrected chi connectivity index (χ1v) is 7.93. The van der Waals surface area contributed by atoms with Gasteiger partial charge in [0.15, 0.2) is 17.5 Å². The Hall–Kier alpha value is -2.50. The molecule has 0 radical (unpaired) electrons. The Morgan fingerprint density at radius 3 is 2.56 bits per heavy atom. The molecule has 1 unspecified atom stereocenters. The molecular weight excluding hydrogens is 331 g/mol. The standard InChI is InChI=1S/C19H18F3NO2/c1-19(2)8-7-11-9-10(3-4-13(11)17(19)25-18(23)24)12-5-6-14(20)16(22)15(12)21/h3-6,9,17H,7-8H2,1-2H3,(H2,23,24). The van der Waals surface area contributed by atoms with Crippen molar-refractivity contribution in [3.05, 3.63) is 58.9 Å². The highest BCUT2D eigenvalue weighted by Gasteiger charge is 2.38. The maximum Gasteiger partial charge on any atom is 0.405 e. The minimum atomic E-state index is -1.49. The number of fused-ring (bicyclic) bond motifs is 1. The second kappa shape index (κ2) is 6.10. The third-order valence-corrected chi connectivity index (χ3v) is 4.75. The van der Waals surface area contributed by atoms with E-state index in [2.05, 4.69) is 0 Å². The number of hydrogen-bond donors (Lipinski definition) is 1. The number of aryl methyl sites for hydroxylation is 1. The maximum absolute atomic E-state index is 14.1. The highest BCUT2D eigenvalue weighted by Crippen LogP contribution is 2.46. The summed E-state index contributed by atoms with van der Waals surface area (Å²) in [7, 11) is 0. The van der Waals surface area contributed by atoms with E-state index in [9.17, 15) is 18.0 Å². The zero-order valence-electron chi connectivity index (χ0n) is 13.9. The molecule has 0 bridgehead atoms. The van der Waals surface area contributed by atoms with Crippen molar-refractivity contribution in [1.29, 1.82) is 0 Å². The first kappa shape index (κ1) is 17.3. The number of ether oxygens (including phenoxy) is 1. The van der Waals surface area contributed by atoms with Gasteiger partial charge in [-0.25, -0.2) is 18.0 Å². The Morgan fingerprint density at radius 2 is 1.88 bits per heavy atom. The molecule has 2 aromatic rings. The summed E-state index contributed by atoms with van der Waals surface area (Å²) in [5, 5.41) is 0. The second-order valence-corrected chi connectivity index (χ2v) is 6.94. The van der Waals surface area contributed by atoms with Crippen LogP contribution in [-0.4, -0.2) is 6.09 Å². The van der Waals surface area contributed by atoms with Gasteiger partial charge >= 0.3 is 6.09 Å². The molecule has 1 atom stereocenters. The molecule has 2 aromatic carbocycles. The Labute approximate surface area is 143 Å². The van der Waals surface area contributed by atoms with Gasteiger partial charge in [0.2, 0.25) is 0 Å². The van der Waals surface area contributed by atoms with Crippen LogP contribution < -0.4 is 5.73 Å². The van der Waals surface area contributed by atoms with Crippen LogP contribution in [0.4, 0.5) is 18.0 Å². The van der Waals surface area contributed by atoms with Crippen molar-refractivity contribution in [3.63, 3.8) is 0 Å². The summed E-state index contributed by atoms with van der Waals surface area (Å²) < 4.78 is 46.0. The lowest BCUT2D eigenvalue weighted by molar-refractivity contribution is 0.0147. The van der Waals surface area contributed by atoms with Gasteiger partial charge < -0.3 is 10.5 Å². The fraction of sp³-hybridized carbons (Fsp3) is 0.316. The zero-order valence-corrected chi connectivity index (χ0v) is 13.9. The summed E-state index contributed by atoms with van der Waals surface area (Å²) in [6.45, 7) is 3.96. The zero-order chi connectivity index (χ0) is 18.4. The molecule has 3 nitrogen and oxygen atoms in total. The summed E-state index contributed by atoms with van der Waals surface area (Å²) in [6, 6.07) is 7.15. The highest BCUT2D eigenvalue weighted by molar-refractivity contribution is 5.67. The van der Waals surface area contributed by atoms with E-state index in [1.54, 1.807) is 18.2 Å². The van der Waals surface area contributed by atoms with Crippen LogP contribution in [0.25, 0.3) is 11.1 Å². The minimum absolute atomic E-state index is 0.0149. The van der Waals surface area contributed by atoms with Crippen molar-refractivity contribution in [1.82, 2.24) is 0 Å². The molecule has 1 aliphatic rings. The van der Waals surface area contributed by atoms with Crippen LogP contribution in [0.1, 0.15) is 37.5 Å². The average molecular weight is 349 g/mol. The number of hydrogen-bond acceptors (Lipinski definition) is 2. The van der Waals surface area contributed by atoms with Gasteiger partial charge in [0, 0.05) is 11.0 Å². The van der Waals surface area contributed by atoms with Gasteiger partial charge in [-0.05, 0) is 41.7 Å². The van der Waals surface area contributed by atoms with Gasteiger partial charge in [0.05, 0.1) is 0 Å². The number of primary amides is 1. The van der Waals surface area contributed by atoms with Crippen LogP contribution in [0.3, 0.4) is 0 Å². The number of amides is 1. The number of rotatable bonds is 2. The normalized spacial score (nSPS) is 18.5. The fourth-order valence-corrected chi connectivity index (χ4v) is 3.34. The molecule has 0 fully saturated rings. The van der Waals surface area contributed by atoms with Gasteiger partial charge in [-0.2, -0.15) is 0 Å². The van der Waals surface area contributed by atoms with Crippen molar-refractivity contribution in [2.75, 3.05) is 0 Å². The first-order valence-electron chi connectivity index (χ1n) is 7.93. The largest absolute Gasteiger partial charge is 0.441 e. The van der Waals surface area contributed by atoms with E-state index in [4.69, 9.17) is 10.5 Å². The molecule has 0 saturated heterocycles. The third-order valence-electron chi connectivity index (χ3n) is 4.75. The van der Waals surface area contributed by atoms with Crippen molar-refractivity contribution >= 4 is 6.09 Å². The van der Waals surface area contributed by atoms with E-state index >= 15 is 0 Å². The molecule has 0 heterocycles. The van der Waals surface area contributed by atoms with Crippen LogP contribution in [0.15, 0.2) is 30.3 Å². The SMILES string of the molecule is CC1(C)CCc2cc(-c3ccc(F)c(F)c3F)ccc2C1OC(N)=O. The molecule has 1 amide bonds. The Kier molecular flexibility index (Phi) is 4.22. The van der Waals surface area contributed by atoms with E-state index in [1.807, 2.05) is 13.8 Å². The maximum atomic E-state index is 14.1. The molecular formula is C19H18F3NO2. The molecule has 1 aliphatic carbocycles. The summed E-state index contributed by atoms with van der Waals surface area (Å²) >= 11 is 0. The quantitative estimate of drug-likeness (QED) is 0.786. The number of halogens is 3. The van der Waals surface area contributed by atoms with Crippen molar-refractivity contribution in [2.24, 2.45) is 11.1 Å². The van der Waals surface area contributed by atoms with Gasteiger partial charge in [-0.3, -0.25) is 0 Å². The second-order valence-electron chi connectivity index (χ2n) is 6.94. The monoisotopic (exact) mass is 349 g/mol. The number of carbonyl (C=O) groups is 1. The lowest BCUT2D eigenvalue weighted by atomic mass is 9.71. The summed E-state index contributed by atoms with van der Waals surface area (Å²) in [4.78, 5) is 11.2. The first-order chi connectivity index (χ1) is 11.7. The van der Waals surface area contributed by atoms with E-state index in [0.29, 0.717) is 12.0 Å². The van der Waals surface area contributed by atoms with Crippen LogP contribution in [0.2, 0.25) is 0 Å². The van der Waals surface area contributed by atoms with Crippen molar-refractivity contribution in [3.8, 4) is 11.1 Å². The molecule has 132 valence electrons. The molecule has 3 rings (SSSR count). The number of carbonyl (C=O) groups excluding carboxylic acids is 1. The number of benzene rings is 2. The van der Waals surface area contributed by atoms with Gasteiger partial charge in [-0.15, -0.1) is 0 Å². The molecule has 6 heteroatoms. The number of nitrogens with two attached hydrogens (primary N) is 1. The molecule has 0 aromatic heterocycles. The fourth-order valence-electron chi connectivity index (χ4n) is 3.34. The summed E-state index contributed by atoms with van der Waals surface area (Å²) in [5.74, 6) is -3.94. The van der Waals surface area contributed by atoms with Crippen LogP contribution in [0, 0.1) is 22.9 Å². The lowest BCUT2D eigenvalue weighted by Gasteiger charge is -2.39.